The van der Waals surface area contributed by atoms with E-state index in [9.17, 15) is 9.59 Å². The van der Waals surface area contributed by atoms with E-state index in [2.05, 4.69) is 26.6 Å². The molecule has 0 aliphatic rings. The van der Waals surface area contributed by atoms with Crippen molar-refractivity contribution >= 4 is 39.3 Å². The second-order valence-corrected chi connectivity index (χ2v) is 7.30. The van der Waals surface area contributed by atoms with E-state index < -0.39 is 5.97 Å². The van der Waals surface area contributed by atoms with Crippen molar-refractivity contribution in [2.24, 2.45) is 11.8 Å². The maximum Gasteiger partial charge on any atom is 0.315 e. The van der Waals surface area contributed by atoms with Crippen molar-refractivity contribution in [2.75, 3.05) is 6.54 Å². The van der Waals surface area contributed by atoms with E-state index >= 15 is 0 Å². The molecular formula is C14H21BrN2O3S. The minimum Gasteiger partial charge on any atom is -0.481 e. The Labute approximate surface area is 137 Å². The van der Waals surface area contributed by atoms with Crippen LogP contribution in [0, 0.1) is 11.8 Å². The fraction of sp³-hybridized carbons (Fsp3) is 0.571. The Morgan fingerprint density at radius 2 is 2.10 bits per heavy atom. The van der Waals surface area contributed by atoms with E-state index in [0.717, 1.165) is 15.8 Å². The van der Waals surface area contributed by atoms with Gasteiger partial charge in [0.25, 0.3) is 0 Å². The minimum atomic E-state index is -0.828. The summed E-state index contributed by atoms with van der Waals surface area (Å²) in [6.07, 6.45) is 0.862. The summed E-state index contributed by atoms with van der Waals surface area (Å²) in [6, 6.07) is 1.69. The van der Waals surface area contributed by atoms with Gasteiger partial charge >= 0.3 is 12.0 Å². The second kappa shape index (κ2) is 9.04. The third kappa shape index (κ3) is 8.06. The van der Waals surface area contributed by atoms with Gasteiger partial charge in [0.1, 0.15) is 0 Å². The van der Waals surface area contributed by atoms with Crippen molar-refractivity contribution in [3.63, 3.8) is 0 Å². The first-order chi connectivity index (χ1) is 9.86. The van der Waals surface area contributed by atoms with Gasteiger partial charge < -0.3 is 15.7 Å². The van der Waals surface area contributed by atoms with Crippen LogP contribution in [0.5, 0.6) is 0 Å². The lowest BCUT2D eigenvalue weighted by Crippen LogP contribution is -2.38. The van der Waals surface area contributed by atoms with Crippen LogP contribution < -0.4 is 10.6 Å². The lowest BCUT2D eigenvalue weighted by Gasteiger charge is -2.17. The van der Waals surface area contributed by atoms with E-state index in [-0.39, 0.29) is 18.4 Å². The summed E-state index contributed by atoms with van der Waals surface area (Å²) in [5.74, 6) is -0.460. The van der Waals surface area contributed by atoms with E-state index in [1.807, 2.05) is 25.3 Å². The molecule has 0 radical (unpaired) electrons. The lowest BCUT2D eigenvalue weighted by molar-refractivity contribution is -0.138. The molecule has 1 atom stereocenters. The van der Waals surface area contributed by atoms with Crippen molar-refractivity contribution in [3.8, 4) is 0 Å². The topological polar surface area (TPSA) is 78.4 Å². The van der Waals surface area contributed by atoms with Crippen LogP contribution in [0.25, 0.3) is 0 Å². The van der Waals surface area contributed by atoms with Crippen LogP contribution in [-0.4, -0.2) is 23.7 Å². The predicted octanol–water partition coefficient (Wildman–Crippen LogP) is 3.45. The van der Waals surface area contributed by atoms with Crippen LogP contribution in [0.4, 0.5) is 4.79 Å². The minimum absolute atomic E-state index is 0.0378. The highest BCUT2D eigenvalue weighted by Crippen LogP contribution is 2.19. The largest absolute Gasteiger partial charge is 0.481 e. The molecule has 0 spiro atoms. The number of thiophene rings is 1. The highest BCUT2D eigenvalue weighted by Gasteiger charge is 2.16. The van der Waals surface area contributed by atoms with Gasteiger partial charge in [0.15, 0.2) is 0 Å². The van der Waals surface area contributed by atoms with Crippen LogP contribution in [0.2, 0.25) is 0 Å². The lowest BCUT2D eigenvalue weighted by atomic mass is 9.94. The number of aliphatic carboxylic acids is 1. The van der Waals surface area contributed by atoms with Crippen LogP contribution in [-0.2, 0) is 11.3 Å². The zero-order valence-electron chi connectivity index (χ0n) is 12.2. The number of halogens is 1. The number of nitrogens with one attached hydrogen (secondary N) is 2. The van der Waals surface area contributed by atoms with Crippen molar-refractivity contribution in [1.29, 1.82) is 0 Å². The van der Waals surface area contributed by atoms with Gasteiger partial charge in [-0.1, -0.05) is 13.8 Å². The Morgan fingerprint density at radius 3 is 2.62 bits per heavy atom. The number of carboxylic acid groups (broad SMARTS) is 1. The highest BCUT2D eigenvalue weighted by molar-refractivity contribution is 9.10. The Hall–Kier alpha value is -1.08. The van der Waals surface area contributed by atoms with Gasteiger partial charge in [0.2, 0.25) is 0 Å². The quantitative estimate of drug-likeness (QED) is 0.649. The highest BCUT2D eigenvalue weighted by atomic mass is 79.9. The third-order valence-electron chi connectivity index (χ3n) is 2.86. The number of carbonyl (C=O) groups is 2. The Balaban J connectivity index is 2.33. The van der Waals surface area contributed by atoms with Crippen molar-refractivity contribution in [3.05, 3.63) is 20.8 Å². The number of carboxylic acids is 1. The summed E-state index contributed by atoms with van der Waals surface area (Å²) >= 11 is 4.93. The van der Waals surface area contributed by atoms with Crippen molar-refractivity contribution in [2.45, 2.75) is 33.2 Å². The normalized spacial score (nSPS) is 12.2. The molecule has 1 heterocycles. The van der Waals surface area contributed by atoms with Crippen molar-refractivity contribution < 1.29 is 14.7 Å². The summed E-state index contributed by atoms with van der Waals surface area (Å²) in [7, 11) is 0. The molecule has 1 aromatic rings. The van der Waals surface area contributed by atoms with Crippen LogP contribution >= 0.6 is 27.3 Å². The average molecular weight is 377 g/mol. The first kappa shape index (κ1) is 18.0. The van der Waals surface area contributed by atoms with E-state index in [1.54, 1.807) is 11.3 Å². The molecule has 0 fully saturated rings. The third-order valence-corrected chi connectivity index (χ3v) is 4.56. The molecule has 3 N–H and O–H groups in total. The van der Waals surface area contributed by atoms with Gasteiger partial charge in [0.05, 0.1) is 6.54 Å². The molecule has 7 heteroatoms. The number of carbonyl (C=O) groups excluding carboxylic acids is 1. The monoisotopic (exact) mass is 376 g/mol. The van der Waals surface area contributed by atoms with Crippen LogP contribution in [0.1, 0.15) is 31.6 Å². The molecule has 0 aromatic carbocycles. The summed E-state index contributed by atoms with van der Waals surface area (Å²) in [6.45, 7) is 4.94. The van der Waals surface area contributed by atoms with Crippen LogP contribution in [0.3, 0.4) is 0 Å². The second-order valence-electron chi connectivity index (χ2n) is 5.39. The number of amides is 2. The molecule has 1 aromatic heterocycles. The molecule has 21 heavy (non-hydrogen) atoms. The predicted molar refractivity (Wildman–Crippen MR) is 87.5 cm³/mol. The van der Waals surface area contributed by atoms with Gasteiger partial charge in [0, 0.05) is 27.7 Å². The molecule has 0 saturated carbocycles. The number of urea groups is 1. The maximum atomic E-state index is 11.7. The summed E-state index contributed by atoms with van der Waals surface area (Å²) in [4.78, 5) is 23.6. The van der Waals surface area contributed by atoms with Gasteiger partial charge in [-0.2, -0.15) is 0 Å². The van der Waals surface area contributed by atoms with E-state index in [0.29, 0.717) is 19.0 Å². The van der Waals surface area contributed by atoms with Gasteiger partial charge in [-0.05, 0) is 40.3 Å². The number of hydrogen-bond acceptors (Lipinski definition) is 3. The molecular weight excluding hydrogens is 356 g/mol. The Bertz CT molecular complexity index is 477. The SMILES string of the molecule is CC(C)CC(CNC(=O)NCc1cc(Br)cs1)CC(=O)O. The molecule has 0 aliphatic heterocycles. The van der Waals surface area contributed by atoms with Crippen molar-refractivity contribution in [1.82, 2.24) is 10.6 Å². The van der Waals surface area contributed by atoms with Crippen LogP contribution in [0.15, 0.2) is 15.9 Å². The molecule has 0 aliphatic carbocycles. The molecule has 0 bridgehead atoms. The first-order valence-electron chi connectivity index (χ1n) is 6.83. The molecule has 5 nitrogen and oxygen atoms in total. The smallest absolute Gasteiger partial charge is 0.315 e. The standard InChI is InChI=1S/C14H21BrN2O3S/c1-9(2)3-10(4-13(18)19)6-16-14(20)17-7-12-5-11(15)8-21-12/h5,8-10H,3-4,6-7H2,1-2H3,(H,18,19)(H2,16,17,20). The molecule has 1 rings (SSSR count). The maximum absolute atomic E-state index is 11.7. The zero-order chi connectivity index (χ0) is 15.8. The zero-order valence-corrected chi connectivity index (χ0v) is 14.6. The van der Waals surface area contributed by atoms with Gasteiger partial charge in [-0.15, -0.1) is 11.3 Å². The number of rotatable bonds is 8. The number of hydrogen-bond donors (Lipinski definition) is 3. The fourth-order valence-electron chi connectivity index (χ4n) is 2.07. The summed E-state index contributed by atoms with van der Waals surface area (Å²) in [5, 5.41) is 16.4. The Morgan fingerprint density at radius 1 is 1.38 bits per heavy atom. The fourth-order valence-corrected chi connectivity index (χ4v) is 3.46. The molecule has 0 saturated heterocycles. The summed E-state index contributed by atoms with van der Waals surface area (Å²) in [5.41, 5.74) is 0. The van der Waals surface area contributed by atoms with Gasteiger partial charge in [-0.3, -0.25) is 4.79 Å². The van der Waals surface area contributed by atoms with Gasteiger partial charge in [-0.25, -0.2) is 4.79 Å². The molecule has 1 unspecified atom stereocenters. The Kier molecular flexibility index (Phi) is 7.74. The average Bonchev–Trinajstić information content (AvgIpc) is 2.78. The van der Waals surface area contributed by atoms with E-state index in [1.165, 1.54) is 0 Å². The van der Waals surface area contributed by atoms with E-state index in [4.69, 9.17) is 5.11 Å². The molecule has 2 amide bonds. The molecule has 118 valence electrons. The first-order valence-corrected chi connectivity index (χ1v) is 8.50. The summed E-state index contributed by atoms with van der Waals surface area (Å²) < 4.78 is 1.00.